The summed E-state index contributed by atoms with van der Waals surface area (Å²) >= 11 is 0. The SMILES string of the molecule is O[C@H]1C[C@@H](NCc2ccccc2)c2nccn2C1. The van der Waals surface area contributed by atoms with E-state index in [1.807, 2.05) is 29.0 Å². The first-order valence-corrected chi connectivity index (χ1v) is 6.29. The lowest BCUT2D eigenvalue weighted by molar-refractivity contribution is 0.109. The lowest BCUT2D eigenvalue weighted by Gasteiger charge is -2.28. The molecule has 18 heavy (non-hydrogen) atoms. The van der Waals surface area contributed by atoms with E-state index >= 15 is 0 Å². The number of aliphatic hydroxyl groups is 1. The molecule has 3 rings (SSSR count). The molecule has 1 aromatic carbocycles. The van der Waals surface area contributed by atoms with Crippen molar-refractivity contribution in [1.29, 1.82) is 0 Å². The molecular formula is C14H17N3O. The maximum atomic E-state index is 9.85. The molecule has 0 amide bonds. The van der Waals surface area contributed by atoms with Gasteiger partial charge in [-0.25, -0.2) is 4.98 Å². The summed E-state index contributed by atoms with van der Waals surface area (Å²) < 4.78 is 2.02. The Hall–Kier alpha value is -1.65. The van der Waals surface area contributed by atoms with E-state index in [0.717, 1.165) is 18.8 Å². The Labute approximate surface area is 106 Å². The van der Waals surface area contributed by atoms with Gasteiger partial charge in [0.15, 0.2) is 0 Å². The molecule has 0 radical (unpaired) electrons. The van der Waals surface area contributed by atoms with Crippen LogP contribution in [0.15, 0.2) is 42.7 Å². The van der Waals surface area contributed by atoms with Gasteiger partial charge in [0.25, 0.3) is 0 Å². The molecule has 0 aliphatic carbocycles. The summed E-state index contributed by atoms with van der Waals surface area (Å²) in [5.41, 5.74) is 1.25. The fraction of sp³-hybridized carbons (Fsp3) is 0.357. The van der Waals surface area contributed by atoms with E-state index in [2.05, 4.69) is 22.4 Å². The first-order chi connectivity index (χ1) is 8.83. The van der Waals surface area contributed by atoms with Crippen LogP contribution in [0.4, 0.5) is 0 Å². The predicted octanol–water partition coefficient (Wildman–Crippen LogP) is 1.48. The highest BCUT2D eigenvalue weighted by Crippen LogP contribution is 2.23. The Morgan fingerprint density at radius 2 is 2.17 bits per heavy atom. The highest BCUT2D eigenvalue weighted by molar-refractivity contribution is 5.15. The number of nitrogens with zero attached hydrogens (tertiary/aromatic N) is 2. The zero-order chi connectivity index (χ0) is 12.4. The number of hydrogen-bond acceptors (Lipinski definition) is 3. The van der Waals surface area contributed by atoms with Gasteiger partial charge < -0.3 is 15.0 Å². The molecule has 1 aliphatic heterocycles. The van der Waals surface area contributed by atoms with Crippen molar-refractivity contribution in [3.63, 3.8) is 0 Å². The van der Waals surface area contributed by atoms with Crippen molar-refractivity contribution in [2.24, 2.45) is 0 Å². The fourth-order valence-electron chi connectivity index (χ4n) is 2.48. The van der Waals surface area contributed by atoms with Crippen LogP contribution in [-0.4, -0.2) is 20.8 Å². The van der Waals surface area contributed by atoms with Crippen molar-refractivity contribution < 1.29 is 5.11 Å². The number of hydrogen-bond donors (Lipinski definition) is 2. The second-order valence-corrected chi connectivity index (χ2v) is 4.75. The zero-order valence-corrected chi connectivity index (χ0v) is 10.2. The highest BCUT2D eigenvalue weighted by atomic mass is 16.3. The molecule has 94 valence electrons. The largest absolute Gasteiger partial charge is 0.391 e. The number of imidazole rings is 1. The Morgan fingerprint density at radius 1 is 1.33 bits per heavy atom. The van der Waals surface area contributed by atoms with E-state index in [-0.39, 0.29) is 12.1 Å². The summed E-state index contributed by atoms with van der Waals surface area (Å²) in [5.74, 6) is 1.02. The number of rotatable bonds is 3. The summed E-state index contributed by atoms with van der Waals surface area (Å²) in [6, 6.07) is 10.4. The molecule has 0 saturated carbocycles. The number of aliphatic hydroxyl groups excluding tert-OH is 1. The van der Waals surface area contributed by atoms with Crippen molar-refractivity contribution >= 4 is 0 Å². The molecule has 4 nitrogen and oxygen atoms in total. The Bertz CT molecular complexity index is 509. The lowest BCUT2D eigenvalue weighted by atomic mass is 10.0. The van der Waals surface area contributed by atoms with Gasteiger partial charge in [0.2, 0.25) is 0 Å². The molecule has 0 unspecified atom stereocenters. The number of fused-ring (bicyclic) bond motifs is 1. The van der Waals surface area contributed by atoms with Gasteiger partial charge in [-0.05, 0) is 12.0 Å². The van der Waals surface area contributed by atoms with Crippen LogP contribution in [0.3, 0.4) is 0 Å². The Balaban J connectivity index is 1.71. The summed E-state index contributed by atoms with van der Waals surface area (Å²) in [6.45, 7) is 1.45. The van der Waals surface area contributed by atoms with Gasteiger partial charge in [-0.2, -0.15) is 0 Å². The van der Waals surface area contributed by atoms with E-state index in [0.29, 0.717) is 6.54 Å². The van der Waals surface area contributed by atoms with Crippen molar-refractivity contribution in [3.8, 4) is 0 Å². The standard InChI is InChI=1S/C14H17N3O/c18-12-8-13(14-15-6-7-17(14)10-12)16-9-11-4-2-1-3-5-11/h1-7,12-13,16,18H,8-10H2/t12-,13+/m0/s1. The summed E-state index contributed by atoms with van der Waals surface area (Å²) in [6.07, 6.45) is 4.16. The van der Waals surface area contributed by atoms with Crippen molar-refractivity contribution in [3.05, 3.63) is 54.1 Å². The molecule has 2 heterocycles. The van der Waals surface area contributed by atoms with Crippen LogP contribution >= 0.6 is 0 Å². The van der Waals surface area contributed by atoms with E-state index in [4.69, 9.17) is 0 Å². The zero-order valence-electron chi connectivity index (χ0n) is 10.2. The van der Waals surface area contributed by atoms with Crippen LogP contribution < -0.4 is 5.32 Å². The third-order valence-corrected chi connectivity index (χ3v) is 3.37. The van der Waals surface area contributed by atoms with Gasteiger partial charge in [0, 0.05) is 25.5 Å². The van der Waals surface area contributed by atoms with Gasteiger partial charge in [-0.15, -0.1) is 0 Å². The average molecular weight is 243 g/mol. The molecule has 0 saturated heterocycles. The summed E-state index contributed by atoms with van der Waals surface area (Å²) in [4.78, 5) is 4.37. The fourth-order valence-corrected chi connectivity index (χ4v) is 2.48. The van der Waals surface area contributed by atoms with Gasteiger partial charge in [0.1, 0.15) is 5.82 Å². The molecule has 2 atom stereocenters. The molecule has 1 aromatic heterocycles. The quantitative estimate of drug-likeness (QED) is 0.858. The van der Waals surface area contributed by atoms with Gasteiger partial charge in [-0.1, -0.05) is 30.3 Å². The van der Waals surface area contributed by atoms with Crippen LogP contribution in [0, 0.1) is 0 Å². The Morgan fingerprint density at radius 3 is 3.00 bits per heavy atom. The predicted molar refractivity (Wildman–Crippen MR) is 68.9 cm³/mol. The van der Waals surface area contributed by atoms with Gasteiger partial charge >= 0.3 is 0 Å². The van der Waals surface area contributed by atoms with Crippen LogP contribution in [0.2, 0.25) is 0 Å². The lowest BCUT2D eigenvalue weighted by Crippen LogP contribution is -2.34. The van der Waals surface area contributed by atoms with Crippen LogP contribution in [-0.2, 0) is 13.1 Å². The second-order valence-electron chi connectivity index (χ2n) is 4.75. The number of aromatic nitrogens is 2. The third kappa shape index (κ3) is 2.30. The van der Waals surface area contributed by atoms with E-state index in [1.165, 1.54) is 5.56 Å². The minimum atomic E-state index is -0.292. The average Bonchev–Trinajstić information content (AvgIpc) is 2.85. The molecule has 0 spiro atoms. The molecule has 0 fully saturated rings. The van der Waals surface area contributed by atoms with Crippen LogP contribution in [0.1, 0.15) is 23.9 Å². The maximum Gasteiger partial charge on any atom is 0.126 e. The maximum absolute atomic E-state index is 9.85. The van der Waals surface area contributed by atoms with Gasteiger partial charge in [0.05, 0.1) is 12.1 Å². The molecule has 1 aliphatic rings. The summed E-state index contributed by atoms with van der Waals surface area (Å²) in [5, 5.41) is 13.3. The van der Waals surface area contributed by atoms with E-state index < -0.39 is 0 Å². The molecule has 2 N–H and O–H groups in total. The molecule has 2 aromatic rings. The van der Waals surface area contributed by atoms with Crippen LogP contribution in [0.25, 0.3) is 0 Å². The first kappa shape index (κ1) is 11.4. The first-order valence-electron chi connectivity index (χ1n) is 6.29. The smallest absolute Gasteiger partial charge is 0.126 e. The topological polar surface area (TPSA) is 50.1 Å². The number of nitrogens with one attached hydrogen (secondary N) is 1. The minimum absolute atomic E-state index is 0.129. The van der Waals surface area contributed by atoms with Crippen molar-refractivity contribution in [2.75, 3.05) is 0 Å². The van der Waals surface area contributed by atoms with Crippen LogP contribution in [0.5, 0.6) is 0 Å². The van der Waals surface area contributed by atoms with Gasteiger partial charge in [-0.3, -0.25) is 0 Å². The Kier molecular flexibility index (Phi) is 3.13. The normalized spacial score (nSPS) is 22.7. The van der Waals surface area contributed by atoms with E-state index in [1.54, 1.807) is 6.20 Å². The monoisotopic (exact) mass is 243 g/mol. The highest BCUT2D eigenvalue weighted by Gasteiger charge is 2.26. The molecule has 4 heteroatoms. The van der Waals surface area contributed by atoms with Crippen molar-refractivity contribution in [1.82, 2.24) is 14.9 Å². The third-order valence-electron chi connectivity index (χ3n) is 3.37. The van der Waals surface area contributed by atoms with Crippen molar-refractivity contribution in [2.45, 2.75) is 31.7 Å². The summed E-state index contributed by atoms with van der Waals surface area (Å²) in [7, 11) is 0. The van der Waals surface area contributed by atoms with E-state index in [9.17, 15) is 5.11 Å². The molecule has 0 bridgehead atoms. The minimum Gasteiger partial charge on any atom is -0.391 e. The molecular weight excluding hydrogens is 226 g/mol. The number of benzene rings is 1. The second kappa shape index (κ2) is 4.92.